The fourth-order valence-electron chi connectivity index (χ4n) is 2.67. The highest BCUT2D eigenvalue weighted by atomic mass is 16.3. The van der Waals surface area contributed by atoms with Gasteiger partial charge < -0.3 is 4.42 Å². The number of hydrogen-bond donors (Lipinski definition) is 1. The third-order valence-electron chi connectivity index (χ3n) is 4.26. The van der Waals surface area contributed by atoms with Crippen molar-refractivity contribution in [2.75, 3.05) is 0 Å². The lowest BCUT2D eigenvalue weighted by atomic mass is 10.0. The third-order valence-corrected chi connectivity index (χ3v) is 4.26. The van der Waals surface area contributed by atoms with Gasteiger partial charge in [-0.15, -0.1) is 0 Å². The number of amides is 1. The Bertz CT molecular complexity index is 1040. The van der Waals surface area contributed by atoms with Gasteiger partial charge in [-0.25, -0.2) is 5.43 Å². The Hall–Kier alpha value is -3.65. The van der Waals surface area contributed by atoms with Crippen LogP contribution in [0.25, 0.3) is 11.3 Å². The normalized spacial score (nSPS) is 10.7. The molecule has 0 radical (unpaired) electrons. The molecule has 0 atom stereocenters. The number of rotatable bonds is 5. The van der Waals surface area contributed by atoms with E-state index in [4.69, 9.17) is 4.42 Å². The van der Waals surface area contributed by atoms with E-state index < -0.39 is 0 Å². The Morgan fingerprint density at radius 1 is 1.15 bits per heavy atom. The van der Waals surface area contributed by atoms with Crippen LogP contribution in [0, 0.1) is 25.2 Å². The number of hydrogen-bond acceptors (Lipinski definition) is 4. The predicted molar refractivity (Wildman–Crippen MR) is 104 cm³/mol. The lowest BCUT2D eigenvalue weighted by Gasteiger charge is -2.04. The molecule has 3 rings (SSSR count). The van der Waals surface area contributed by atoms with Crippen molar-refractivity contribution < 1.29 is 9.21 Å². The Morgan fingerprint density at radius 3 is 2.74 bits per heavy atom. The smallest absolute Gasteiger partial charge is 0.244 e. The van der Waals surface area contributed by atoms with Gasteiger partial charge in [0, 0.05) is 5.56 Å². The molecule has 1 N–H and O–H groups in total. The molecule has 1 heterocycles. The summed E-state index contributed by atoms with van der Waals surface area (Å²) in [6.07, 6.45) is 1.70. The summed E-state index contributed by atoms with van der Waals surface area (Å²) in [5, 5.41) is 13.1. The van der Waals surface area contributed by atoms with E-state index >= 15 is 0 Å². The number of aryl methyl sites for hydroxylation is 2. The summed E-state index contributed by atoms with van der Waals surface area (Å²) in [4.78, 5) is 12.0. The molecule has 0 saturated heterocycles. The van der Waals surface area contributed by atoms with Crippen molar-refractivity contribution >= 4 is 12.1 Å². The lowest BCUT2D eigenvalue weighted by Crippen LogP contribution is -2.19. The summed E-state index contributed by atoms with van der Waals surface area (Å²) in [6.45, 7) is 4.06. The van der Waals surface area contributed by atoms with Crippen molar-refractivity contribution in [1.29, 1.82) is 5.26 Å². The topological polar surface area (TPSA) is 78.4 Å². The highest BCUT2D eigenvalue weighted by molar-refractivity contribution is 5.82. The van der Waals surface area contributed by atoms with E-state index in [2.05, 4.69) is 16.6 Å². The number of nitrogens with one attached hydrogen (secondary N) is 1. The first-order chi connectivity index (χ1) is 13.1. The third kappa shape index (κ3) is 4.50. The molecule has 2 aromatic carbocycles. The zero-order valence-corrected chi connectivity index (χ0v) is 15.2. The average Bonchev–Trinajstić information content (AvgIpc) is 3.13. The van der Waals surface area contributed by atoms with Crippen LogP contribution in [0.1, 0.15) is 28.0 Å². The minimum Gasteiger partial charge on any atom is -0.455 e. The predicted octanol–water partition coefficient (Wildman–Crippen LogP) is 4.13. The molecule has 27 heavy (non-hydrogen) atoms. The van der Waals surface area contributed by atoms with Crippen molar-refractivity contribution in [3.05, 3.63) is 82.6 Å². The number of hydrazone groups is 1. The second kappa shape index (κ2) is 8.15. The summed E-state index contributed by atoms with van der Waals surface area (Å²) in [5.74, 6) is 0.871. The van der Waals surface area contributed by atoms with Crippen LogP contribution in [-0.2, 0) is 11.2 Å². The molecule has 0 unspecified atom stereocenters. The monoisotopic (exact) mass is 357 g/mol. The van der Waals surface area contributed by atoms with E-state index in [1.54, 1.807) is 24.3 Å². The van der Waals surface area contributed by atoms with E-state index in [-0.39, 0.29) is 12.3 Å². The van der Waals surface area contributed by atoms with Gasteiger partial charge in [0.15, 0.2) is 0 Å². The highest BCUT2D eigenvalue weighted by Crippen LogP contribution is 2.24. The van der Waals surface area contributed by atoms with Gasteiger partial charge in [0.1, 0.15) is 11.5 Å². The van der Waals surface area contributed by atoms with E-state index in [9.17, 15) is 10.1 Å². The van der Waals surface area contributed by atoms with Crippen LogP contribution in [-0.4, -0.2) is 12.1 Å². The lowest BCUT2D eigenvalue weighted by molar-refractivity contribution is -0.120. The van der Waals surface area contributed by atoms with Crippen molar-refractivity contribution in [2.24, 2.45) is 5.10 Å². The van der Waals surface area contributed by atoms with E-state index in [0.717, 1.165) is 16.7 Å². The number of furan rings is 1. The Labute approximate surface area is 157 Å². The van der Waals surface area contributed by atoms with Crippen LogP contribution in [0.4, 0.5) is 0 Å². The summed E-state index contributed by atoms with van der Waals surface area (Å²) < 4.78 is 5.69. The maximum Gasteiger partial charge on any atom is 0.244 e. The number of nitriles is 1. The first-order valence-electron chi connectivity index (χ1n) is 8.54. The number of carbonyl (C=O) groups excluding carboxylic acids is 1. The summed E-state index contributed by atoms with van der Waals surface area (Å²) in [6, 6.07) is 18.8. The summed E-state index contributed by atoms with van der Waals surface area (Å²) in [7, 11) is 0. The average molecular weight is 357 g/mol. The molecule has 134 valence electrons. The van der Waals surface area contributed by atoms with E-state index in [1.165, 1.54) is 11.8 Å². The molecule has 0 fully saturated rings. The number of benzene rings is 2. The molecule has 0 aliphatic heterocycles. The first-order valence-corrected chi connectivity index (χ1v) is 8.54. The molecule has 1 amide bonds. The fraction of sp³-hybridized carbons (Fsp3) is 0.136. The van der Waals surface area contributed by atoms with Gasteiger partial charge in [-0.3, -0.25) is 4.79 Å². The Kier molecular flexibility index (Phi) is 5.48. The van der Waals surface area contributed by atoms with Gasteiger partial charge in [0.05, 0.1) is 24.3 Å². The molecule has 1 aromatic heterocycles. The van der Waals surface area contributed by atoms with Crippen molar-refractivity contribution in [2.45, 2.75) is 20.3 Å². The van der Waals surface area contributed by atoms with Crippen LogP contribution in [0.15, 0.2) is 64.1 Å². The largest absolute Gasteiger partial charge is 0.455 e. The van der Waals surface area contributed by atoms with Crippen LogP contribution in [0.3, 0.4) is 0 Å². The molecule has 0 aliphatic rings. The number of carbonyl (C=O) groups is 1. The van der Waals surface area contributed by atoms with Crippen molar-refractivity contribution in [3.63, 3.8) is 0 Å². The maximum atomic E-state index is 12.0. The van der Waals surface area contributed by atoms with Gasteiger partial charge in [0.2, 0.25) is 5.91 Å². The van der Waals surface area contributed by atoms with Crippen molar-refractivity contribution in [3.8, 4) is 17.4 Å². The van der Waals surface area contributed by atoms with Crippen molar-refractivity contribution in [1.82, 2.24) is 5.43 Å². The minimum atomic E-state index is -0.198. The van der Waals surface area contributed by atoms with Gasteiger partial charge in [-0.2, -0.15) is 10.4 Å². The Morgan fingerprint density at radius 2 is 1.96 bits per heavy atom. The van der Waals surface area contributed by atoms with E-state index in [0.29, 0.717) is 17.1 Å². The molecule has 5 heteroatoms. The highest BCUT2D eigenvalue weighted by Gasteiger charge is 2.08. The molecule has 0 saturated carbocycles. The molecule has 0 bridgehead atoms. The van der Waals surface area contributed by atoms with E-state index in [1.807, 2.05) is 44.2 Å². The molecule has 3 aromatic rings. The standard InChI is InChI=1S/C22H19N3O2/c1-15-7-8-17(11-16(15)2)12-22(26)25-24-14-19-9-10-21(27-19)20-6-4-3-5-18(20)13-23/h3-11,14H,12H2,1-2H3,(H,25,26)/b24-14-. The second-order valence-electron chi connectivity index (χ2n) is 6.25. The summed E-state index contributed by atoms with van der Waals surface area (Å²) >= 11 is 0. The van der Waals surface area contributed by atoms with Gasteiger partial charge in [-0.1, -0.05) is 30.3 Å². The van der Waals surface area contributed by atoms with Gasteiger partial charge in [-0.05, 0) is 54.8 Å². The zero-order valence-electron chi connectivity index (χ0n) is 15.2. The minimum absolute atomic E-state index is 0.198. The quantitative estimate of drug-likeness (QED) is 0.551. The SMILES string of the molecule is Cc1ccc(CC(=O)N/N=C\c2ccc(-c3ccccc3C#N)o2)cc1C. The fourth-order valence-corrected chi connectivity index (χ4v) is 2.67. The second-order valence-corrected chi connectivity index (χ2v) is 6.25. The van der Waals surface area contributed by atoms with Gasteiger partial charge >= 0.3 is 0 Å². The van der Waals surface area contributed by atoms with Gasteiger partial charge in [0.25, 0.3) is 0 Å². The van der Waals surface area contributed by atoms with Crippen LogP contribution < -0.4 is 5.43 Å². The zero-order chi connectivity index (χ0) is 19.2. The van der Waals surface area contributed by atoms with Crippen LogP contribution in [0.5, 0.6) is 0 Å². The first kappa shape index (κ1) is 18.2. The molecule has 0 spiro atoms. The molecular formula is C22H19N3O2. The molecular weight excluding hydrogens is 338 g/mol. The maximum absolute atomic E-state index is 12.0. The summed E-state index contributed by atoms with van der Waals surface area (Å²) in [5.41, 5.74) is 7.06. The molecule has 5 nitrogen and oxygen atoms in total. The number of nitrogens with zero attached hydrogens (tertiary/aromatic N) is 2. The Balaban J connectivity index is 1.62. The molecule has 0 aliphatic carbocycles. The van der Waals surface area contributed by atoms with Crippen LogP contribution >= 0.6 is 0 Å². The van der Waals surface area contributed by atoms with Crippen LogP contribution in [0.2, 0.25) is 0 Å².